The van der Waals surface area contributed by atoms with E-state index in [9.17, 15) is 23.1 Å². The van der Waals surface area contributed by atoms with Crippen LogP contribution in [0.5, 0.6) is 0 Å². The monoisotopic (exact) mass is 626 g/mol. The fraction of sp³-hybridized carbons (Fsp3) is 0.500. The Kier molecular flexibility index (Phi) is 7.59. The molecule has 6 rings (SSSR count). The second-order valence-corrected chi connectivity index (χ2v) is 13.1. The van der Waals surface area contributed by atoms with Crippen molar-refractivity contribution in [2.75, 3.05) is 30.3 Å². The number of rotatable bonds is 4. The Labute approximate surface area is 249 Å². The predicted octanol–water partition coefficient (Wildman–Crippen LogP) is 5.69. The lowest BCUT2D eigenvalue weighted by atomic mass is 9.94. The van der Waals surface area contributed by atoms with Gasteiger partial charge in [0, 0.05) is 69.8 Å². The van der Waals surface area contributed by atoms with Gasteiger partial charge in [-0.3, -0.25) is 4.79 Å². The fourth-order valence-electron chi connectivity index (χ4n) is 6.04. The lowest BCUT2D eigenvalue weighted by molar-refractivity contribution is -0.137. The topological polar surface area (TPSA) is 68.6 Å². The third kappa shape index (κ3) is 5.26. The number of hydrogen-bond acceptors (Lipinski definition) is 8. The number of aliphatic imine (C=N–C) groups is 1. The average molecular weight is 627 g/mol. The van der Waals surface area contributed by atoms with Gasteiger partial charge in [-0.15, -0.1) is 11.8 Å². The van der Waals surface area contributed by atoms with E-state index < -0.39 is 18.1 Å². The van der Waals surface area contributed by atoms with Crippen LogP contribution < -0.4 is 4.90 Å². The molecule has 1 amide bonds. The van der Waals surface area contributed by atoms with E-state index in [1.54, 1.807) is 20.6 Å². The van der Waals surface area contributed by atoms with Crippen LogP contribution in [0.1, 0.15) is 37.8 Å². The van der Waals surface area contributed by atoms with Crippen LogP contribution in [0.2, 0.25) is 5.02 Å². The van der Waals surface area contributed by atoms with Crippen LogP contribution in [0, 0.1) is 0 Å². The Morgan fingerprint density at radius 2 is 1.88 bits per heavy atom. The number of nitrogens with zero attached hydrogens (tertiary/aromatic N) is 4. The number of hydrogen-bond donors (Lipinski definition) is 1. The van der Waals surface area contributed by atoms with E-state index in [1.165, 1.54) is 29.2 Å². The molecule has 41 heavy (non-hydrogen) atoms. The summed E-state index contributed by atoms with van der Waals surface area (Å²) >= 11 is 8.99. The van der Waals surface area contributed by atoms with Crippen molar-refractivity contribution in [1.29, 1.82) is 0 Å². The number of thioether (sulfide) groups is 1. The van der Waals surface area contributed by atoms with Gasteiger partial charge in [-0.2, -0.15) is 24.5 Å². The molecule has 1 aromatic heterocycles. The molecule has 3 aliphatic heterocycles. The summed E-state index contributed by atoms with van der Waals surface area (Å²) in [5.41, 5.74) is 0.334. The van der Waals surface area contributed by atoms with Gasteiger partial charge in [0.15, 0.2) is 0 Å². The van der Waals surface area contributed by atoms with Crippen molar-refractivity contribution in [3.05, 3.63) is 45.6 Å². The number of amidine groups is 1. The highest BCUT2D eigenvalue weighted by Gasteiger charge is 2.45. The minimum absolute atomic E-state index is 0.0150. The molecule has 2 aromatic rings. The number of halogens is 4. The van der Waals surface area contributed by atoms with Crippen molar-refractivity contribution in [3.8, 4) is 11.1 Å². The molecule has 1 N–H and O–H groups in total. The van der Waals surface area contributed by atoms with E-state index in [0.29, 0.717) is 40.6 Å². The molecule has 4 atom stereocenters. The second-order valence-electron chi connectivity index (χ2n) is 10.9. The summed E-state index contributed by atoms with van der Waals surface area (Å²) in [4.78, 5) is 22.7. The normalized spacial score (nSPS) is 26.4. The first-order valence-corrected chi connectivity index (χ1v) is 15.8. The number of carbonyl (C=O) groups is 1. The van der Waals surface area contributed by atoms with Crippen molar-refractivity contribution in [3.63, 3.8) is 0 Å². The van der Waals surface area contributed by atoms with Crippen molar-refractivity contribution in [1.82, 2.24) is 9.80 Å². The zero-order valence-corrected chi connectivity index (χ0v) is 24.9. The third-order valence-electron chi connectivity index (χ3n) is 7.86. The van der Waals surface area contributed by atoms with Gasteiger partial charge in [0.1, 0.15) is 5.84 Å². The van der Waals surface area contributed by atoms with Gasteiger partial charge in [0.05, 0.1) is 28.5 Å². The first kappa shape index (κ1) is 28.9. The Morgan fingerprint density at radius 3 is 2.46 bits per heavy atom. The molecule has 7 nitrogen and oxygen atoms in total. The number of aliphatic hydroxyl groups excluding tert-OH is 1. The van der Waals surface area contributed by atoms with Crippen molar-refractivity contribution < 1.29 is 27.8 Å². The lowest BCUT2D eigenvalue weighted by Crippen LogP contribution is -2.60. The van der Waals surface area contributed by atoms with Crippen LogP contribution in [0.15, 0.2) is 39.4 Å². The summed E-state index contributed by atoms with van der Waals surface area (Å²) in [5.74, 6) is 0.503. The molecule has 2 unspecified atom stereocenters. The predicted molar refractivity (Wildman–Crippen MR) is 156 cm³/mol. The zero-order valence-electron chi connectivity index (χ0n) is 22.5. The van der Waals surface area contributed by atoms with Crippen molar-refractivity contribution >= 4 is 52.1 Å². The maximum atomic E-state index is 14.8. The van der Waals surface area contributed by atoms with E-state index in [0.717, 1.165) is 18.9 Å². The number of anilines is 1. The number of piperazine rings is 1. The first-order valence-electron chi connectivity index (χ1n) is 13.5. The van der Waals surface area contributed by atoms with Gasteiger partial charge < -0.3 is 24.5 Å². The lowest BCUT2D eigenvalue weighted by Gasteiger charge is -2.47. The Bertz CT molecular complexity index is 1400. The van der Waals surface area contributed by atoms with E-state index in [1.807, 2.05) is 18.7 Å². The number of amides is 1. The maximum Gasteiger partial charge on any atom is 0.417 e. The molecule has 1 saturated heterocycles. The van der Waals surface area contributed by atoms with E-state index >= 15 is 0 Å². The maximum absolute atomic E-state index is 14.8. The van der Waals surface area contributed by atoms with Crippen molar-refractivity contribution in [2.45, 2.75) is 68.4 Å². The minimum Gasteiger partial charge on any atom is -0.372 e. The molecule has 4 aliphatic rings. The Hall–Kier alpha value is -2.25. The number of ether oxygens (including phenoxy) is 1. The first-order chi connectivity index (χ1) is 19.5. The Balaban J connectivity index is 1.52. The van der Waals surface area contributed by atoms with Gasteiger partial charge in [-0.05, 0) is 38.8 Å². The number of alkyl halides is 3. The largest absolute Gasteiger partial charge is 0.417 e. The average Bonchev–Trinajstić information content (AvgIpc) is 3.66. The zero-order chi connectivity index (χ0) is 29.2. The molecule has 0 radical (unpaired) electrons. The molecule has 2 fully saturated rings. The molecule has 13 heteroatoms. The smallest absolute Gasteiger partial charge is 0.372 e. The highest BCUT2D eigenvalue weighted by Crippen LogP contribution is 2.53. The van der Waals surface area contributed by atoms with Crippen LogP contribution in [-0.4, -0.2) is 82.7 Å². The van der Waals surface area contributed by atoms with Gasteiger partial charge in [0.25, 0.3) is 0 Å². The summed E-state index contributed by atoms with van der Waals surface area (Å²) in [6, 6.07) is 0.647. The van der Waals surface area contributed by atoms with Crippen LogP contribution in [0.4, 0.5) is 18.9 Å². The van der Waals surface area contributed by atoms with Gasteiger partial charge in [-0.25, -0.2) is 4.99 Å². The second kappa shape index (κ2) is 10.8. The standard InChI is InChI=1S/C28H30ClF3N4O3S2/c1-4-22(37)36-14(2)8-34(9-15(36)3)26-18-7-20(28(30,31)32)23(19-12-40-13-21(19)29)25-24(18)35(27(38)33-26)10-17(11-41-25)39-16-5-6-16/h4,7,12-17,27,38H,1,5-6,8-11H2,2-3H3/t14-,15+,17?,27?. The molecule has 220 valence electrons. The van der Waals surface area contributed by atoms with Crippen molar-refractivity contribution in [2.24, 2.45) is 4.99 Å². The molecule has 0 bridgehead atoms. The molecule has 4 heterocycles. The van der Waals surface area contributed by atoms with E-state index in [4.69, 9.17) is 16.3 Å². The molecular weight excluding hydrogens is 597 g/mol. The summed E-state index contributed by atoms with van der Waals surface area (Å²) in [7, 11) is 0. The molecule has 1 saturated carbocycles. The number of carbonyl (C=O) groups excluding carboxylic acids is 1. The number of benzene rings is 1. The number of aliphatic hydroxyl groups is 1. The van der Waals surface area contributed by atoms with Crippen LogP contribution >= 0.6 is 34.7 Å². The molecule has 1 aromatic carbocycles. The van der Waals surface area contributed by atoms with Gasteiger partial charge >= 0.3 is 6.18 Å². The highest BCUT2D eigenvalue weighted by atomic mass is 35.5. The summed E-state index contributed by atoms with van der Waals surface area (Å²) in [6.45, 7) is 8.33. The highest BCUT2D eigenvalue weighted by molar-refractivity contribution is 7.99. The van der Waals surface area contributed by atoms with E-state index in [2.05, 4.69) is 11.6 Å². The van der Waals surface area contributed by atoms with Crippen LogP contribution in [0.3, 0.4) is 0 Å². The third-order valence-corrected chi connectivity index (χ3v) is 10.3. The van der Waals surface area contributed by atoms with Crippen LogP contribution in [-0.2, 0) is 15.7 Å². The van der Waals surface area contributed by atoms with Gasteiger partial charge in [0.2, 0.25) is 12.3 Å². The molecule has 0 spiro atoms. The quantitative estimate of drug-likeness (QED) is 0.440. The number of thiophene rings is 1. The SMILES string of the molecule is C=CC(=O)N1[C@H](C)CN(C2=NC(O)N3CC(OC4CC4)CSc4c(-c5cscc5Cl)c(C(F)(F)F)cc2c43)C[C@@H]1C. The van der Waals surface area contributed by atoms with Gasteiger partial charge in [-0.1, -0.05) is 18.2 Å². The summed E-state index contributed by atoms with van der Waals surface area (Å²) < 4.78 is 50.7. The summed E-state index contributed by atoms with van der Waals surface area (Å²) in [6.07, 6.45) is -2.98. The Morgan fingerprint density at radius 1 is 1.17 bits per heavy atom. The van der Waals surface area contributed by atoms with E-state index in [-0.39, 0.29) is 53.2 Å². The molecule has 1 aliphatic carbocycles. The van der Waals surface area contributed by atoms with Crippen LogP contribution in [0.25, 0.3) is 11.1 Å². The summed E-state index contributed by atoms with van der Waals surface area (Å²) in [5, 5.41) is 14.9. The molecular formula is C28H30ClF3N4O3S2. The fourth-order valence-corrected chi connectivity index (χ4v) is 8.37. The minimum atomic E-state index is -4.68.